The van der Waals surface area contributed by atoms with Crippen molar-refractivity contribution in [1.82, 2.24) is 16.0 Å². The summed E-state index contributed by atoms with van der Waals surface area (Å²) in [6, 6.07) is 0. The molecule has 1 saturated heterocycles. The lowest BCUT2D eigenvalue weighted by Crippen LogP contribution is -2.77. The minimum absolute atomic E-state index is 0.963. The quantitative estimate of drug-likeness (QED) is 0.591. The standard InChI is InChI=1S/C6H6F9N3/c7-4(8,9)1-16-2(5(10,11)12)18-3(17-1)6(13,14)15/h1-3,16-18H. The van der Waals surface area contributed by atoms with Gasteiger partial charge < -0.3 is 0 Å². The van der Waals surface area contributed by atoms with Crippen LogP contribution in [0.15, 0.2) is 0 Å². The van der Waals surface area contributed by atoms with Gasteiger partial charge in [-0.2, -0.15) is 39.5 Å². The van der Waals surface area contributed by atoms with Crippen LogP contribution in [0.3, 0.4) is 0 Å². The molecule has 0 aromatic heterocycles. The number of rotatable bonds is 0. The lowest BCUT2D eigenvalue weighted by Gasteiger charge is -2.40. The molecule has 1 aliphatic heterocycles. The van der Waals surface area contributed by atoms with Crippen LogP contribution in [0, 0.1) is 0 Å². The molecule has 0 amide bonds. The molecule has 0 aromatic rings. The molecule has 0 radical (unpaired) electrons. The van der Waals surface area contributed by atoms with Gasteiger partial charge in [-0.3, -0.25) is 16.0 Å². The van der Waals surface area contributed by atoms with E-state index in [1.807, 2.05) is 0 Å². The Morgan fingerprint density at radius 1 is 0.444 bits per heavy atom. The fourth-order valence-corrected chi connectivity index (χ4v) is 1.21. The van der Waals surface area contributed by atoms with Gasteiger partial charge in [0.2, 0.25) is 0 Å². The molecule has 0 unspecified atom stereocenters. The Morgan fingerprint density at radius 2 is 0.611 bits per heavy atom. The highest BCUT2D eigenvalue weighted by molar-refractivity contribution is 4.92. The Hall–Kier alpha value is -0.750. The van der Waals surface area contributed by atoms with Gasteiger partial charge in [0, 0.05) is 0 Å². The van der Waals surface area contributed by atoms with Crippen LogP contribution in [-0.4, -0.2) is 37.0 Å². The number of nitrogens with one attached hydrogen (secondary N) is 3. The Bertz CT molecular complexity index is 239. The second-order valence-electron chi connectivity index (χ2n) is 3.42. The molecule has 1 heterocycles. The average Bonchev–Trinajstić information content (AvgIpc) is 2.13. The van der Waals surface area contributed by atoms with Crippen molar-refractivity contribution in [2.75, 3.05) is 0 Å². The number of hydrogen-bond acceptors (Lipinski definition) is 3. The first-order valence-electron chi connectivity index (χ1n) is 4.30. The summed E-state index contributed by atoms with van der Waals surface area (Å²) >= 11 is 0. The van der Waals surface area contributed by atoms with E-state index in [-0.39, 0.29) is 0 Å². The minimum Gasteiger partial charge on any atom is -0.271 e. The second kappa shape index (κ2) is 4.42. The van der Waals surface area contributed by atoms with Crippen LogP contribution in [0.5, 0.6) is 0 Å². The van der Waals surface area contributed by atoms with E-state index in [1.54, 1.807) is 0 Å². The van der Waals surface area contributed by atoms with Gasteiger partial charge in [0.1, 0.15) is 0 Å². The maximum atomic E-state index is 12.2. The highest BCUT2D eigenvalue weighted by atomic mass is 19.4. The fourth-order valence-electron chi connectivity index (χ4n) is 1.21. The Labute approximate surface area is 93.7 Å². The van der Waals surface area contributed by atoms with Gasteiger partial charge in [-0.1, -0.05) is 0 Å². The van der Waals surface area contributed by atoms with Gasteiger partial charge in [0.15, 0.2) is 18.5 Å². The lowest BCUT2D eigenvalue weighted by molar-refractivity contribution is -0.242. The molecule has 1 rings (SSSR count). The fraction of sp³-hybridized carbons (Fsp3) is 1.00. The zero-order valence-corrected chi connectivity index (χ0v) is 8.13. The molecule has 108 valence electrons. The van der Waals surface area contributed by atoms with Crippen LogP contribution < -0.4 is 16.0 Å². The predicted octanol–water partition coefficient (Wildman–Crippen LogP) is 1.43. The van der Waals surface area contributed by atoms with E-state index in [0.717, 1.165) is 16.0 Å². The largest absolute Gasteiger partial charge is 0.417 e. The summed E-state index contributed by atoms with van der Waals surface area (Å²) in [4.78, 5) is 0. The molecule has 0 aliphatic carbocycles. The summed E-state index contributed by atoms with van der Waals surface area (Å²) in [7, 11) is 0. The van der Waals surface area contributed by atoms with Crippen molar-refractivity contribution in [2.45, 2.75) is 37.0 Å². The first kappa shape index (κ1) is 15.3. The Morgan fingerprint density at radius 3 is 0.722 bits per heavy atom. The normalized spacial score (nSPS) is 31.5. The zero-order chi connectivity index (χ0) is 14.4. The number of halogens is 9. The smallest absolute Gasteiger partial charge is 0.271 e. The van der Waals surface area contributed by atoms with Crippen LogP contribution in [0.25, 0.3) is 0 Å². The highest BCUT2D eigenvalue weighted by Crippen LogP contribution is 2.29. The summed E-state index contributed by atoms with van der Waals surface area (Å²) < 4.78 is 110. The molecule has 18 heavy (non-hydrogen) atoms. The summed E-state index contributed by atoms with van der Waals surface area (Å²) in [5.41, 5.74) is 0. The molecule has 0 aromatic carbocycles. The third-order valence-corrected chi connectivity index (χ3v) is 1.98. The van der Waals surface area contributed by atoms with Crippen molar-refractivity contribution in [2.24, 2.45) is 0 Å². The van der Waals surface area contributed by atoms with Crippen LogP contribution >= 0.6 is 0 Å². The monoisotopic (exact) mass is 291 g/mol. The molecule has 0 bridgehead atoms. The van der Waals surface area contributed by atoms with E-state index in [2.05, 4.69) is 0 Å². The van der Waals surface area contributed by atoms with Gasteiger partial charge in [0.25, 0.3) is 0 Å². The molecule has 1 fully saturated rings. The predicted molar refractivity (Wildman–Crippen MR) is 38.9 cm³/mol. The molecular weight excluding hydrogens is 285 g/mol. The first-order valence-corrected chi connectivity index (χ1v) is 4.30. The number of alkyl halides is 9. The van der Waals surface area contributed by atoms with Crippen LogP contribution in [0.4, 0.5) is 39.5 Å². The van der Waals surface area contributed by atoms with Crippen LogP contribution in [0.2, 0.25) is 0 Å². The van der Waals surface area contributed by atoms with Gasteiger partial charge in [-0.25, -0.2) is 0 Å². The van der Waals surface area contributed by atoms with Crippen molar-refractivity contribution in [3.8, 4) is 0 Å². The summed E-state index contributed by atoms with van der Waals surface area (Å²) in [6.07, 6.45) is -25.2. The molecule has 1 aliphatic rings. The highest BCUT2D eigenvalue weighted by Gasteiger charge is 2.56. The Kier molecular flexibility index (Phi) is 3.76. The van der Waals surface area contributed by atoms with Crippen molar-refractivity contribution in [3.63, 3.8) is 0 Å². The topological polar surface area (TPSA) is 36.1 Å². The van der Waals surface area contributed by atoms with Crippen molar-refractivity contribution in [3.05, 3.63) is 0 Å². The molecule has 3 nitrogen and oxygen atoms in total. The molecule has 0 atom stereocenters. The van der Waals surface area contributed by atoms with Gasteiger partial charge in [0.05, 0.1) is 0 Å². The third kappa shape index (κ3) is 3.62. The van der Waals surface area contributed by atoms with E-state index in [9.17, 15) is 39.5 Å². The maximum absolute atomic E-state index is 12.2. The average molecular weight is 291 g/mol. The number of hydrogen-bond donors (Lipinski definition) is 3. The van der Waals surface area contributed by atoms with E-state index in [0.29, 0.717) is 0 Å². The van der Waals surface area contributed by atoms with E-state index < -0.39 is 37.0 Å². The summed E-state index contributed by atoms with van der Waals surface area (Å²) in [6.45, 7) is 0. The third-order valence-electron chi connectivity index (χ3n) is 1.98. The Balaban J connectivity index is 2.93. The maximum Gasteiger partial charge on any atom is 0.417 e. The zero-order valence-electron chi connectivity index (χ0n) is 8.13. The molecule has 3 N–H and O–H groups in total. The van der Waals surface area contributed by atoms with Gasteiger partial charge in [-0.15, -0.1) is 0 Å². The second-order valence-corrected chi connectivity index (χ2v) is 3.42. The molecule has 12 heteroatoms. The van der Waals surface area contributed by atoms with Crippen molar-refractivity contribution < 1.29 is 39.5 Å². The van der Waals surface area contributed by atoms with Crippen molar-refractivity contribution in [1.29, 1.82) is 0 Å². The van der Waals surface area contributed by atoms with Gasteiger partial charge in [-0.05, 0) is 0 Å². The molecular formula is C6H6F9N3. The van der Waals surface area contributed by atoms with Gasteiger partial charge >= 0.3 is 18.5 Å². The molecule has 0 saturated carbocycles. The SMILES string of the molecule is FC(F)(F)C1NC(C(F)(F)F)NC(C(F)(F)F)N1. The first-order chi connectivity index (χ1) is 7.82. The summed E-state index contributed by atoms with van der Waals surface area (Å²) in [5, 5.41) is 2.89. The van der Waals surface area contributed by atoms with E-state index in [1.165, 1.54) is 0 Å². The van der Waals surface area contributed by atoms with Crippen LogP contribution in [-0.2, 0) is 0 Å². The summed E-state index contributed by atoms with van der Waals surface area (Å²) in [5.74, 6) is 0. The minimum atomic E-state index is -5.30. The lowest BCUT2D eigenvalue weighted by atomic mass is 10.2. The molecule has 0 spiro atoms. The van der Waals surface area contributed by atoms with E-state index >= 15 is 0 Å². The van der Waals surface area contributed by atoms with Crippen LogP contribution in [0.1, 0.15) is 0 Å². The van der Waals surface area contributed by atoms with E-state index in [4.69, 9.17) is 0 Å². The van der Waals surface area contributed by atoms with Crippen molar-refractivity contribution >= 4 is 0 Å².